The Morgan fingerprint density at radius 3 is 2.13 bits per heavy atom. The number of anilines is 2. The van der Waals surface area contributed by atoms with Crippen molar-refractivity contribution in [2.75, 3.05) is 50.5 Å². The number of carbonyl (C=O) groups is 6. The number of benzene rings is 3. The molecule has 1 atom stereocenters. The molecule has 4 amide bonds. The molecule has 0 spiro atoms. The molecule has 3 aromatic carbocycles. The summed E-state index contributed by atoms with van der Waals surface area (Å²) in [5.41, 5.74) is 5.54. The van der Waals surface area contributed by atoms with Crippen LogP contribution in [-0.4, -0.2) is 108 Å². The van der Waals surface area contributed by atoms with Crippen molar-refractivity contribution in [2.24, 2.45) is 0 Å². The Bertz CT molecular complexity index is 2420. The molecule has 2 aliphatic rings. The normalized spacial score (nSPS) is 14.8. The molecule has 0 radical (unpaired) electrons. The highest BCUT2D eigenvalue weighted by Gasteiger charge is 2.36. The summed E-state index contributed by atoms with van der Waals surface area (Å²) in [5.74, 6) is -1.54. The van der Waals surface area contributed by atoms with Gasteiger partial charge in [-0.15, -0.1) is 11.3 Å². The van der Waals surface area contributed by atoms with E-state index in [-0.39, 0.29) is 61.8 Å². The van der Waals surface area contributed by atoms with Crippen molar-refractivity contribution in [3.05, 3.63) is 117 Å². The largest absolute Gasteiger partial charge is 0.466 e. The maximum atomic E-state index is 14.2. The predicted molar refractivity (Wildman–Crippen MR) is 269 cm³/mol. The lowest BCUT2D eigenvalue weighted by Crippen LogP contribution is -2.60. The van der Waals surface area contributed by atoms with Gasteiger partial charge in [-0.1, -0.05) is 50.2 Å². The maximum absolute atomic E-state index is 14.2. The lowest BCUT2D eigenvalue weighted by Gasteiger charge is -2.44. The highest BCUT2D eigenvalue weighted by atomic mass is 32.1. The summed E-state index contributed by atoms with van der Waals surface area (Å²) >= 11 is 1.47. The van der Waals surface area contributed by atoms with Gasteiger partial charge in [-0.2, -0.15) is 0 Å². The molecule has 1 fully saturated rings. The molecule has 2 heterocycles. The number of aryl methyl sites for hydroxylation is 3. The summed E-state index contributed by atoms with van der Waals surface area (Å²) in [6.45, 7) is 13.5. The number of amides is 4. The van der Waals surface area contributed by atoms with Crippen LogP contribution in [0.3, 0.4) is 0 Å². The second-order valence-corrected chi connectivity index (χ2v) is 19.9. The van der Waals surface area contributed by atoms with Crippen molar-refractivity contribution in [1.29, 1.82) is 0 Å². The third-order valence-corrected chi connectivity index (χ3v) is 13.9. The van der Waals surface area contributed by atoms with E-state index in [1.165, 1.54) is 18.4 Å². The van der Waals surface area contributed by atoms with Gasteiger partial charge < -0.3 is 34.6 Å². The number of carbonyl (C=O) groups excluding carboxylic acids is 6. The van der Waals surface area contributed by atoms with Crippen molar-refractivity contribution in [1.82, 2.24) is 14.7 Å². The summed E-state index contributed by atoms with van der Waals surface area (Å²) in [6.07, 6.45) is 6.39. The van der Waals surface area contributed by atoms with Gasteiger partial charge in [0.1, 0.15) is 10.6 Å². The van der Waals surface area contributed by atoms with Crippen LogP contribution in [0.15, 0.2) is 72.8 Å². The van der Waals surface area contributed by atoms with Crippen molar-refractivity contribution in [2.45, 2.75) is 130 Å². The Morgan fingerprint density at radius 2 is 1.48 bits per heavy atom. The summed E-state index contributed by atoms with van der Waals surface area (Å²) in [7, 11) is 1.37. The van der Waals surface area contributed by atoms with Crippen LogP contribution in [0.1, 0.15) is 138 Å². The quantitative estimate of drug-likeness (QED) is 0.0684. The molecule has 6 rings (SSSR count). The van der Waals surface area contributed by atoms with Crippen LogP contribution < -0.4 is 10.6 Å². The zero-order valence-electron chi connectivity index (χ0n) is 41.3. The number of ether oxygens (including phenoxy) is 3. The first-order valence-electron chi connectivity index (χ1n) is 24.4. The summed E-state index contributed by atoms with van der Waals surface area (Å²) in [5, 5.41) is 6.75. The highest BCUT2D eigenvalue weighted by Crippen LogP contribution is 2.39. The number of hydrogen-bond acceptors (Lipinski definition) is 11. The molecule has 15 heteroatoms. The van der Waals surface area contributed by atoms with E-state index in [1.54, 1.807) is 34.9 Å². The number of hydrogen-bond donors (Lipinski definition) is 2. The number of piperazine rings is 1. The van der Waals surface area contributed by atoms with E-state index in [0.717, 1.165) is 78.5 Å². The third-order valence-electron chi connectivity index (χ3n) is 12.7. The van der Waals surface area contributed by atoms with Crippen LogP contribution in [0.25, 0.3) is 0 Å². The average Bonchev–Trinajstić information content (AvgIpc) is 3.70. The SMILES string of the molecule is CCOC(=O)CCC(=O)N1CCN(C(=O)OC(C)(C)C)C[C@H]1CN(Cc1cccc(C(=O)Nc2sc3c(c2C(=O)Nc2ccc(CCc4ccc(C(=O)OC)cc4)cc2)CCCC3)c1)C(CC)CC. The van der Waals surface area contributed by atoms with Gasteiger partial charge in [0.25, 0.3) is 11.8 Å². The Balaban J connectivity index is 1.16. The molecular formula is C54H69N5O9S. The van der Waals surface area contributed by atoms with Gasteiger partial charge in [0, 0.05) is 61.3 Å². The molecule has 0 bridgehead atoms. The number of nitrogens with zero attached hydrogens (tertiary/aromatic N) is 3. The van der Waals surface area contributed by atoms with Crippen LogP contribution in [0, 0.1) is 0 Å². The minimum absolute atomic E-state index is 0.00715. The molecule has 0 saturated carbocycles. The van der Waals surface area contributed by atoms with Gasteiger partial charge in [-0.3, -0.25) is 24.1 Å². The van der Waals surface area contributed by atoms with Crippen molar-refractivity contribution in [3.8, 4) is 0 Å². The van der Waals surface area contributed by atoms with E-state index in [4.69, 9.17) is 14.2 Å². The monoisotopic (exact) mass is 963 g/mol. The van der Waals surface area contributed by atoms with E-state index in [2.05, 4.69) is 29.4 Å². The lowest BCUT2D eigenvalue weighted by atomic mass is 9.95. The molecular weight excluding hydrogens is 895 g/mol. The van der Waals surface area contributed by atoms with Crippen LogP contribution in [-0.2, 0) is 56.0 Å². The first-order valence-corrected chi connectivity index (χ1v) is 25.2. The minimum atomic E-state index is -0.685. The van der Waals surface area contributed by atoms with Crippen LogP contribution in [0.2, 0.25) is 0 Å². The fourth-order valence-corrected chi connectivity index (χ4v) is 10.4. The molecule has 1 aliphatic carbocycles. The van der Waals surface area contributed by atoms with Crippen LogP contribution >= 0.6 is 11.3 Å². The summed E-state index contributed by atoms with van der Waals surface area (Å²) < 4.78 is 15.6. The Hall–Kier alpha value is -6.06. The first-order chi connectivity index (χ1) is 33.1. The molecule has 2 N–H and O–H groups in total. The zero-order chi connectivity index (χ0) is 49.7. The van der Waals surface area contributed by atoms with E-state index in [9.17, 15) is 28.8 Å². The molecule has 1 saturated heterocycles. The lowest BCUT2D eigenvalue weighted by molar-refractivity contribution is -0.147. The molecule has 1 aliphatic heterocycles. The predicted octanol–water partition coefficient (Wildman–Crippen LogP) is 9.49. The maximum Gasteiger partial charge on any atom is 0.410 e. The van der Waals surface area contributed by atoms with Gasteiger partial charge in [-0.25, -0.2) is 9.59 Å². The van der Waals surface area contributed by atoms with Crippen molar-refractivity contribution >= 4 is 57.8 Å². The zero-order valence-corrected chi connectivity index (χ0v) is 42.1. The number of thiophene rings is 1. The van der Waals surface area contributed by atoms with E-state index in [1.807, 2.05) is 75.4 Å². The molecule has 69 heavy (non-hydrogen) atoms. The summed E-state index contributed by atoms with van der Waals surface area (Å²) in [6, 6.07) is 22.4. The Labute approximate surface area is 411 Å². The van der Waals surface area contributed by atoms with E-state index < -0.39 is 17.7 Å². The van der Waals surface area contributed by atoms with E-state index >= 15 is 0 Å². The van der Waals surface area contributed by atoms with Crippen molar-refractivity contribution < 1.29 is 43.0 Å². The van der Waals surface area contributed by atoms with Gasteiger partial charge in [-0.05, 0) is 138 Å². The number of esters is 2. The van der Waals surface area contributed by atoms with Gasteiger partial charge >= 0.3 is 18.0 Å². The highest BCUT2D eigenvalue weighted by molar-refractivity contribution is 7.17. The van der Waals surface area contributed by atoms with Crippen LogP contribution in [0.5, 0.6) is 0 Å². The number of nitrogens with one attached hydrogen (secondary N) is 2. The Kier molecular flexibility index (Phi) is 18.6. The van der Waals surface area contributed by atoms with Crippen LogP contribution in [0.4, 0.5) is 15.5 Å². The standard InChI is InChI=1S/C54H69N5O9S/c1-8-42(9-2)58(35-43-34-57(53(65)68-54(4,5)6)30-31-59(43)46(60)28-29-47(61)67-10-3)33-38-14-13-15-40(32-38)49(62)56-51-48(44-16-11-12-17-45(44)69-51)50(63)55-41-26-22-37(23-27-41)19-18-36-20-24-39(25-21-36)52(64)66-7/h13-15,20-27,32,42-43H,8-12,16-19,28-31,33-35H2,1-7H3,(H,55,63)(H,56,62)/t43-/m0/s1. The van der Waals surface area contributed by atoms with Gasteiger partial charge in [0.05, 0.1) is 37.3 Å². The van der Waals surface area contributed by atoms with E-state index in [0.29, 0.717) is 53.6 Å². The number of rotatable bonds is 19. The second-order valence-electron chi connectivity index (χ2n) is 18.8. The molecule has 1 aromatic heterocycles. The first kappa shape index (κ1) is 52.3. The molecule has 370 valence electrons. The fraction of sp³-hybridized carbons (Fsp3) is 0.481. The Morgan fingerprint density at radius 1 is 0.797 bits per heavy atom. The molecule has 14 nitrogen and oxygen atoms in total. The molecule has 0 unspecified atom stereocenters. The average molecular weight is 964 g/mol. The van der Waals surface area contributed by atoms with Gasteiger partial charge in [0.15, 0.2) is 0 Å². The molecule has 4 aromatic rings. The third kappa shape index (κ3) is 14.5. The summed E-state index contributed by atoms with van der Waals surface area (Å²) in [4.78, 5) is 86.3. The topological polar surface area (TPSA) is 164 Å². The second kappa shape index (κ2) is 24.5. The smallest absolute Gasteiger partial charge is 0.410 e. The van der Waals surface area contributed by atoms with Crippen molar-refractivity contribution in [3.63, 3.8) is 0 Å². The number of fused-ring (bicyclic) bond motifs is 1. The fourth-order valence-electron chi connectivity index (χ4n) is 9.11. The minimum Gasteiger partial charge on any atom is -0.466 e. The van der Waals surface area contributed by atoms with Gasteiger partial charge in [0.2, 0.25) is 5.91 Å². The number of methoxy groups -OCH3 is 1.